The molecule has 0 saturated heterocycles. The van der Waals surface area contributed by atoms with E-state index in [4.69, 9.17) is 0 Å². The van der Waals surface area contributed by atoms with Crippen molar-refractivity contribution in [1.82, 2.24) is 4.98 Å². The Kier molecular flexibility index (Phi) is 5.19. The van der Waals surface area contributed by atoms with Crippen LogP contribution in [0, 0.1) is 0 Å². The zero-order valence-corrected chi connectivity index (χ0v) is 8.35. The van der Waals surface area contributed by atoms with Crippen LogP contribution in [0.4, 0.5) is 0 Å². The Hall–Kier alpha value is -0.970. The van der Waals surface area contributed by atoms with Crippen molar-refractivity contribution in [1.29, 1.82) is 0 Å². The minimum absolute atomic E-state index is 0. The van der Waals surface area contributed by atoms with Gasteiger partial charge in [-0.25, -0.2) is 9.36 Å². The molecule has 0 radical (unpaired) electrons. The van der Waals surface area contributed by atoms with Crippen LogP contribution in [-0.4, -0.2) is 18.1 Å². The molecule has 66 valence electrons. The Bertz CT molecular complexity index is 240. The molecule has 1 heterocycles. The molecule has 0 saturated carbocycles. The smallest absolute Gasteiger partial charge is 0.348 e. The first kappa shape index (κ1) is 11.0. The summed E-state index contributed by atoms with van der Waals surface area (Å²) in [6, 6.07) is 1.75. The fourth-order valence-electron chi connectivity index (χ4n) is 0.668. The number of halogens is 1. The molecular weight excluding hydrogens is 224 g/mol. The number of rotatable bonds is 2. The van der Waals surface area contributed by atoms with Crippen molar-refractivity contribution >= 4 is 23.0 Å². The predicted molar refractivity (Wildman–Crippen MR) is 46.8 cm³/mol. The highest BCUT2D eigenvalue weighted by Crippen LogP contribution is 1.74. The van der Waals surface area contributed by atoms with Gasteiger partial charge < -0.3 is 4.74 Å². The molecule has 0 amide bonds. The van der Waals surface area contributed by atoms with E-state index in [0.29, 0.717) is 0 Å². The zero-order chi connectivity index (χ0) is 8.10. The second kappa shape index (κ2) is 5.65. The minimum atomic E-state index is -0.275. The van der Waals surface area contributed by atoms with E-state index < -0.39 is 0 Å². The summed E-state index contributed by atoms with van der Waals surface area (Å²) in [4.78, 5) is 14.5. The molecule has 12 heavy (non-hydrogen) atoms. The van der Waals surface area contributed by atoms with E-state index in [0.717, 1.165) is 0 Å². The van der Waals surface area contributed by atoms with Gasteiger partial charge in [0.05, 0.1) is 13.3 Å². The summed E-state index contributed by atoms with van der Waals surface area (Å²) in [5.41, 5.74) is 0. The average molecular weight is 234 g/mol. The molecule has 1 rings (SSSR count). The van der Waals surface area contributed by atoms with E-state index in [2.05, 4.69) is 9.72 Å². The van der Waals surface area contributed by atoms with Crippen LogP contribution in [0.1, 0.15) is 0 Å². The lowest BCUT2D eigenvalue weighted by molar-refractivity contribution is -0.688. The molecule has 1 aromatic rings. The second-order valence-corrected chi connectivity index (χ2v) is 2.00. The quantitative estimate of drug-likeness (QED) is 0.539. The van der Waals surface area contributed by atoms with Gasteiger partial charge in [0.2, 0.25) is 0 Å². The first-order chi connectivity index (χ1) is 5.33. The molecule has 0 N–H and O–H groups in total. The summed E-state index contributed by atoms with van der Waals surface area (Å²) < 4.78 is 6.11. The van der Waals surface area contributed by atoms with Gasteiger partial charge in [-0.2, -0.15) is 0 Å². The number of hydrogen-bond donors (Lipinski definition) is 0. The summed E-state index contributed by atoms with van der Waals surface area (Å²) in [6.45, 7) is 0.213. The molecule has 0 atom stereocenters. The molecule has 5 heteroatoms. The van der Waals surface area contributed by atoms with E-state index >= 15 is 0 Å². The number of carbonyl (C=O) groups excluding carboxylic acids is 1. The molecular formula is C7H10BrN2O2+. The van der Waals surface area contributed by atoms with Crippen molar-refractivity contribution < 1.29 is 14.1 Å². The van der Waals surface area contributed by atoms with Crippen LogP contribution in [0.3, 0.4) is 0 Å². The fraction of sp³-hybridized carbons (Fsp3) is 0.286. The summed E-state index contributed by atoms with van der Waals surface area (Å²) in [5, 5.41) is 0. The normalized spacial score (nSPS) is 8.42. The van der Waals surface area contributed by atoms with Crippen molar-refractivity contribution in [3.63, 3.8) is 0 Å². The Morgan fingerprint density at radius 2 is 2.42 bits per heavy atom. The van der Waals surface area contributed by atoms with Crippen LogP contribution in [0.15, 0.2) is 24.8 Å². The Labute approximate surface area is 81.0 Å². The maximum absolute atomic E-state index is 10.7. The standard InChI is InChI=1S/C7H9N2O2.BrH/c1-11-7(10)5-9-4-2-3-8-6-9;/h2-4,6H,5H2,1H3;1H/q+1;. The lowest BCUT2D eigenvalue weighted by Gasteiger charge is -1.94. The van der Waals surface area contributed by atoms with Crippen molar-refractivity contribution in [2.75, 3.05) is 7.11 Å². The van der Waals surface area contributed by atoms with E-state index in [1.807, 2.05) is 0 Å². The first-order valence-electron chi connectivity index (χ1n) is 3.19. The van der Waals surface area contributed by atoms with Gasteiger partial charge in [0, 0.05) is 6.07 Å². The third kappa shape index (κ3) is 3.43. The number of nitrogens with zero attached hydrogens (tertiary/aromatic N) is 2. The SMILES string of the molecule is Br.COC(=O)C[n+]1cccnc1. The molecule has 0 aliphatic carbocycles. The van der Waals surface area contributed by atoms with E-state index in [-0.39, 0.29) is 29.5 Å². The lowest BCUT2D eigenvalue weighted by Crippen LogP contribution is -2.37. The van der Waals surface area contributed by atoms with Crippen molar-refractivity contribution in [2.24, 2.45) is 0 Å². The van der Waals surface area contributed by atoms with Crippen LogP contribution in [-0.2, 0) is 16.1 Å². The number of methoxy groups -OCH3 is 1. The van der Waals surface area contributed by atoms with Crippen LogP contribution in [0.2, 0.25) is 0 Å². The number of ether oxygens (including phenoxy) is 1. The van der Waals surface area contributed by atoms with Crippen LogP contribution in [0.25, 0.3) is 0 Å². The maximum atomic E-state index is 10.7. The highest BCUT2D eigenvalue weighted by molar-refractivity contribution is 8.93. The number of carbonyl (C=O) groups is 1. The third-order valence-electron chi connectivity index (χ3n) is 1.20. The van der Waals surface area contributed by atoms with E-state index in [1.54, 1.807) is 29.4 Å². The number of hydrogen-bond acceptors (Lipinski definition) is 3. The van der Waals surface area contributed by atoms with E-state index in [1.165, 1.54) is 7.11 Å². The predicted octanol–water partition coefficient (Wildman–Crippen LogP) is 0.120. The summed E-state index contributed by atoms with van der Waals surface area (Å²) in [5.74, 6) is -0.275. The summed E-state index contributed by atoms with van der Waals surface area (Å²) in [7, 11) is 1.36. The largest absolute Gasteiger partial charge is 0.466 e. The lowest BCUT2D eigenvalue weighted by atomic mass is 10.6. The molecule has 0 aliphatic heterocycles. The molecule has 0 spiro atoms. The molecule has 4 nitrogen and oxygen atoms in total. The van der Waals surface area contributed by atoms with Gasteiger partial charge in [0.1, 0.15) is 6.20 Å². The van der Waals surface area contributed by atoms with Crippen molar-refractivity contribution in [2.45, 2.75) is 6.54 Å². The molecule has 0 bridgehead atoms. The maximum Gasteiger partial charge on any atom is 0.348 e. The molecule has 0 aromatic carbocycles. The van der Waals surface area contributed by atoms with Gasteiger partial charge in [0.25, 0.3) is 6.33 Å². The third-order valence-corrected chi connectivity index (χ3v) is 1.20. The molecule has 1 aromatic heterocycles. The number of aromatic nitrogens is 2. The van der Waals surface area contributed by atoms with Gasteiger partial charge in [-0.15, -0.1) is 17.0 Å². The zero-order valence-electron chi connectivity index (χ0n) is 6.64. The van der Waals surface area contributed by atoms with Crippen LogP contribution >= 0.6 is 17.0 Å². The topological polar surface area (TPSA) is 43.1 Å². The molecule has 0 unspecified atom stereocenters. The van der Waals surface area contributed by atoms with Gasteiger partial charge in [-0.1, -0.05) is 4.98 Å². The summed E-state index contributed by atoms with van der Waals surface area (Å²) in [6.07, 6.45) is 4.97. The van der Waals surface area contributed by atoms with Crippen molar-refractivity contribution in [3.8, 4) is 0 Å². The van der Waals surface area contributed by atoms with Crippen LogP contribution < -0.4 is 4.57 Å². The monoisotopic (exact) mass is 233 g/mol. The highest BCUT2D eigenvalue weighted by atomic mass is 79.9. The Morgan fingerprint density at radius 1 is 1.67 bits per heavy atom. The van der Waals surface area contributed by atoms with Gasteiger partial charge in [-0.3, -0.25) is 0 Å². The van der Waals surface area contributed by atoms with Gasteiger partial charge in [0.15, 0.2) is 6.54 Å². The first-order valence-corrected chi connectivity index (χ1v) is 3.19. The van der Waals surface area contributed by atoms with Gasteiger partial charge in [-0.05, 0) is 0 Å². The molecule has 0 aliphatic rings. The second-order valence-electron chi connectivity index (χ2n) is 2.00. The Balaban J connectivity index is 0.00000121. The fourth-order valence-corrected chi connectivity index (χ4v) is 0.668. The minimum Gasteiger partial charge on any atom is -0.466 e. The molecule has 0 fully saturated rings. The summed E-state index contributed by atoms with van der Waals surface area (Å²) >= 11 is 0. The van der Waals surface area contributed by atoms with Gasteiger partial charge >= 0.3 is 5.97 Å². The van der Waals surface area contributed by atoms with Crippen LogP contribution in [0.5, 0.6) is 0 Å². The van der Waals surface area contributed by atoms with Crippen molar-refractivity contribution in [3.05, 3.63) is 24.8 Å². The average Bonchev–Trinajstić information content (AvgIpc) is 2.06. The number of esters is 1. The highest BCUT2D eigenvalue weighted by Gasteiger charge is 2.03. The van der Waals surface area contributed by atoms with E-state index in [9.17, 15) is 4.79 Å². The Morgan fingerprint density at radius 3 is 2.92 bits per heavy atom.